The Labute approximate surface area is 199 Å². The molecule has 0 aliphatic carbocycles. The molecule has 0 radical (unpaired) electrons. The Bertz CT molecular complexity index is 1200. The van der Waals surface area contributed by atoms with Crippen LogP contribution in [0.4, 0.5) is 0 Å². The van der Waals surface area contributed by atoms with Gasteiger partial charge in [0.15, 0.2) is 0 Å². The number of fused-ring (bicyclic) bond motifs is 2. The monoisotopic (exact) mass is 403 g/mol. The Kier molecular flexibility index (Phi) is 5.63. The van der Waals surface area contributed by atoms with E-state index in [1.54, 1.807) is 30.3 Å². The maximum Gasteiger partial charge on any atom is 1.00 e. The standard InChI is InChI=1S/C20H15NO4S.K/c1-21-18(20(23)16-8-4-5-9-17(16)26(21,24)25)19(22)15-11-10-13-6-2-3-7-14(13)12-15;/h2-12,23H,1H3;/q;+1/p-1. The van der Waals surface area contributed by atoms with Gasteiger partial charge in [-0.05, 0) is 28.5 Å². The zero-order valence-electron chi connectivity index (χ0n) is 14.8. The van der Waals surface area contributed by atoms with Crippen LogP contribution in [-0.4, -0.2) is 25.6 Å². The predicted octanol–water partition coefficient (Wildman–Crippen LogP) is -0.610. The van der Waals surface area contributed by atoms with Crippen LogP contribution in [0.15, 0.2) is 77.3 Å². The molecule has 1 aliphatic rings. The molecule has 0 unspecified atom stereocenters. The van der Waals surface area contributed by atoms with E-state index < -0.39 is 21.6 Å². The van der Waals surface area contributed by atoms with Crippen molar-refractivity contribution >= 4 is 32.3 Å². The van der Waals surface area contributed by atoms with Crippen LogP contribution < -0.4 is 56.5 Å². The van der Waals surface area contributed by atoms with Crippen LogP contribution in [-0.2, 0) is 10.0 Å². The molecule has 0 amide bonds. The van der Waals surface area contributed by atoms with Crippen molar-refractivity contribution < 1.29 is 69.7 Å². The molecule has 0 atom stereocenters. The number of nitrogens with zero attached hydrogens (tertiary/aromatic N) is 1. The van der Waals surface area contributed by atoms with Gasteiger partial charge in [0.2, 0.25) is 5.78 Å². The van der Waals surface area contributed by atoms with Crippen molar-refractivity contribution in [1.82, 2.24) is 4.31 Å². The van der Waals surface area contributed by atoms with E-state index in [1.807, 2.05) is 24.3 Å². The maximum absolute atomic E-state index is 13.0. The van der Waals surface area contributed by atoms with E-state index >= 15 is 0 Å². The van der Waals surface area contributed by atoms with Crippen molar-refractivity contribution in [1.29, 1.82) is 0 Å². The second kappa shape index (κ2) is 7.50. The summed E-state index contributed by atoms with van der Waals surface area (Å²) in [6, 6.07) is 18.5. The number of sulfonamides is 1. The summed E-state index contributed by atoms with van der Waals surface area (Å²) in [6.07, 6.45) is 0. The number of likely N-dealkylation sites (N-methyl/N-ethyl adjacent to an activating group) is 1. The third-order valence-corrected chi connectivity index (χ3v) is 6.34. The summed E-state index contributed by atoms with van der Waals surface area (Å²) in [6.45, 7) is 0. The molecule has 0 bridgehead atoms. The van der Waals surface area contributed by atoms with Crippen molar-refractivity contribution in [2.45, 2.75) is 4.90 Å². The van der Waals surface area contributed by atoms with Crippen LogP contribution in [0.5, 0.6) is 0 Å². The number of carbonyl (C=O) groups excluding carboxylic acids is 1. The zero-order valence-corrected chi connectivity index (χ0v) is 18.8. The Morgan fingerprint density at radius 2 is 1.56 bits per heavy atom. The second-order valence-electron chi connectivity index (χ2n) is 6.04. The van der Waals surface area contributed by atoms with E-state index in [4.69, 9.17) is 0 Å². The van der Waals surface area contributed by atoms with Crippen molar-refractivity contribution in [3.05, 3.63) is 83.6 Å². The summed E-state index contributed by atoms with van der Waals surface area (Å²) in [5.74, 6) is -1.20. The van der Waals surface area contributed by atoms with Crippen molar-refractivity contribution in [3.8, 4) is 0 Å². The molecule has 1 heterocycles. The number of hydrogen-bond donors (Lipinski definition) is 0. The molecule has 0 saturated carbocycles. The average molecular weight is 404 g/mol. The van der Waals surface area contributed by atoms with Crippen LogP contribution in [0.3, 0.4) is 0 Å². The van der Waals surface area contributed by atoms with Crippen molar-refractivity contribution in [3.63, 3.8) is 0 Å². The number of allylic oxidation sites excluding steroid dienone is 1. The summed E-state index contributed by atoms with van der Waals surface area (Å²) < 4.78 is 26.2. The topological polar surface area (TPSA) is 77.5 Å². The van der Waals surface area contributed by atoms with Crippen LogP contribution >= 0.6 is 0 Å². The molecule has 1 aliphatic heterocycles. The van der Waals surface area contributed by atoms with Gasteiger partial charge < -0.3 is 5.11 Å². The van der Waals surface area contributed by atoms with E-state index in [9.17, 15) is 18.3 Å². The first-order valence-electron chi connectivity index (χ1n) is 7.94. The van der Waals surface area contributed by atoms with Gasteiger partial charge in [0.1, 0.15) is 0 Å². The van der Waals surface area contributed by atoms with E-state index in [0.29, 0.717) is 0 Å². The van der Waals surface area contributed by atoms with Gasteiger partial charge in [-0.3, -0.25) is 9.10 Å². The summed E-state index contributed by atoms with van der Waals surface area (Å²) in [7, 11) is -2.71. The SMILES string of the molecule is CN1C(C(=O)c2ccc3ccccc3c2)=C([O-])c2ccccc2S1(=O)=O.[K+]. The number of benzene rings is 3. The summed E-state index contributed by atoms with van der Waals surface area (Å²) in [5.41, 5.74) is -0.0674. The minimum absolute atomic E-state index is 0. The minimum atomic E-state index is -3.94. The Hall–Kier alpha value is -1.48. The largest absolute Gasteiger partial charge is 1.00 e. The fraction of sp³-hybridized carbons (Fsp3) is 0.0500. The van der Waals surface area contributed by atoms with Gasteiger partial charge in [0.05, 0.1) is 10.6 Å². The third-order valence-electron chi connectivity index (χ3n) is 4.53. The smallest absolute Gasteiger partial charge is 0.871 e. The Morgan fingerprint density at radius 3 is 2.30 bits per heavy atom. The molecule has 3 aromatic rings. The third kappa shape index (κ3) is 3.28. The van der Waals surface area contributed by atoms with Crippen LogP contribution in [0.25, 0.3) is 16.5 Å². The fourth-order valence-electron chi connectivity index (χ4n) is 3.13. The molecule has 5 nitrogen and oxygen atoms in total. The molecule has 0 spiro atoms. The van der Waals surface area contributed by atoms with Gasteiger partial charge in [-0.15, -0.1) is 0 Å². The predicted molar refractivity (Wildman–Crippen MR) is 96.6 cm³/mol. The normalized spacial score (nSPS) is 15.2. The van der Waals surface area contributed by atoms with Crippen molar-refractivity contribution in [2.24, 2.45) is 0 Å². The molecule has 130 valence electrons. The van der Waals surface area contributed by atoms with E-state index in [0.717, 1.165) is 15.1 Å². The Morgan fingerprint density at radius 1 is 0.926 bits per heavy atom. The molecular weight excluding hydrogens is 389 g/mol. The fourth-order valence-corrected chi connectivity index (χ4v) is 4.52. The molecule has 0 fully saturated rings. The van der Waals surface area contributed by atoms with Gasteiger partial charge in [-0.2, -0.15) is 0 Å². The summed E-state index contributed by atoms with van der Waals surface area (Å²) in [4.78, 5) is 12.9. The average Bonchev–Trinajstić information content (AvgIpc) is 2.66. The molecular formula is C20H14KNO4S. The zero-order chi connectivity index (χ0) is 18.5. The quantitative estimate of drug-likeness (QED) is 0.423. The molecule has 0 N–H and O–H groups in total. The molecule has 3 aromatic carbocycles. The van der Waals surface area contributed by atoms with E-state index in [2.05, 4.69) is 0 Å². The van der Waals surface area contributed by atoms with Crippen LogP contribution in [0.2, 0.25) is 0 Å². The van der Waals surface area contributed by atoms with Crippen molar-refractivity contribution in [2.75, 3.05) is 7.05 Å². The minimum Gasteiger partial charge on any atom is -0.871 e. The van der Waals surface area contributed by atoms with Gasteiger partial charge in [-0.1, -0.05) is 60.4 Å². The molecule has 27 heavy (non-hydrogen) atoms. The molecule has 0 aromatic heterocycles. The van der Waals surface area contributed by atoms with Crippen LogP contribution in [0.1, 0.15) is 15.9 Å². The maximum atomic E-state index is 13.0. The van der Waals surface area contributed by atoms with Gasteiger partial charge in [-0.25, -0.2) is 8.42 Å². The summed E-state index contributed by atoms with van der Waals surface area (Å²) in [5, 5.41) is 14.6. The molecule has 4 rings (SSSR count). The number of carbonyl (C=O) groups is 1. The Balaban J connectivity index is 0.00000210. The van der Waals surface area contributed by atoms with Crippen LogP contribution in [0, 0.1) is 0 Å². The first-order valence-corrected chi connectivity index (χ1v) is 9.38. The van der Waals surface area contributed by atoms with Gasteiger partial charge in [0, 0.05) is 12.6 Å². The summed E-state index contributed by atoms with van der Waals surface area (Å²) >= 11 is 0. The van der Waals surface area contributed by atoms with E-state index in [1.165, 1.54) is 19.2 Å². The molecule has 7 heteroatoms. The number of hydrogen-bond acceptors (Lipinski definition) is 4. The number of rotatable bonds is 2. The first-order chi connectivity index (χ1) is 12.4. The first kappa shape index (κ1) is 20.3. The molecule has 0 saturated heterocycles. The second-order valence-corrected chi connectivity index (χ2v) is 7.98. The number of Topliss-reactive ketones (excluding diaryl/α,β-unsaturated/α-hetero) is 1. The number of ketones is 1. The van der Waals surface area contributed by atoms with Gasteiger partial charge in [0.25, 0.3) is 10.0 Å². The van der Waals surface area contributed by atoms with Gasteiger partial charge >= 0.3 is 51.4 Å². The van der Waals surface area contributed by atoms with E-state index in [-0.39, 0.29) is 73.1 Å².